The summed E-state index contributed by atoms with van der Waals surface area (Å²) in [5.41, 5.74) is 2.63. The largest absolute Gasteiger partial charge is 0.446 e. The van der Waals surface area contributed by atoms with Crippen LogP contribution >= 0.6 is 0 Å². The zero-order valence-corrected chi connectivity index (χ0v) is 15.7. The summed E-state index contributed by atoms with van der Waals surface area (Å²) in [7, 11) is 0. The van der Waals surface area contributed by atoms with E-state index < -0.39 is 0 Å². The van der Waals surface area contributed by atoms with Crippen molar-refractivity contribution in [1.82, 2.24) is 25.1 Å². The van der Waals surface area contributed by atoms with E-state index in [0.29, 0.717) is 23.9 Å². The number of hydrogen-bond donors (Lipinski definition) is 2. The summed E-state index contributed by atoms with van der Waals surface area (Å²) in [6.07, 6.45) is 6.68. The van der Waals surface area contributed by atoms with Crippen LogP contribution in [0.25, 0.3) is 11.3 Å². The van der Waals surface area contributed by atoms with Crippen molar-refractivity contribution >= 4 is 11.8 Å². The normalized spacial score (nSPS) is 19.2. The molecule has 1 saturated carbocycles. The highest BCUT2D eigenvalue weighted by molar-refractivity contribution is 5.61. The van der Waals surface area contributed by atoms with Crippen molar-refractivity contribution in [3.63, 3.8) is 0 Å². The van der Waals surface area contributed by atoms with Gasteiger partial charge in [0.05, 0.1) is 11.9 Å². The standard InChI is InChI=1S/C19H23N7O/c1-11-9-21-19(26-25-11)24-16-6-5-15(8-16)23-17-7-4-14(10-20-17)18-12(2)27-13(3)22-18/h4,7,9-10,15-16H,5-6,8H2,1-3H3,(H,20,23)(H,21,24,26). The van der Waals surface area contributed by atoms with Gasteiger partial charge in [-0.3, -0.25) is 0 Å². The Morgan fingerprint density at radius 3 is 2.41 bits per heavy atom. The maximum atomic E-state index is 5.50. The Morgan fingerprint density at radius 1 is 0.963 bits per heavy atom. The highest BCUT2D eigenvalue weighted by Crippen LogP contribution is 2.26. The second kappa shape index (κ2) is 7.30. The van der Waals surface area contributed by atoms with Crippen molar-refractivity contribution in [2.45, 2.75) is 52.1 Å². The molecule has 2 unspecified atom stereocenters. The summed E-state index contributed by atoms with van der Waals surface area (Å²) >= 11 is 0. The molecule has 27 heavy (non-hydrogen) atoms. The molecule has 2 N–H and O–H groups in total. The van der Waals surface area contributed by atoms with E-state index in [4.69, 9.17) is 4.42 Å². The number of hydrogen-bond acceptors (Lipinski definition) is 8. The monoisotopic (exact) mass is 365 g/mol. The molecule has 8 heteroatoms. The van der Waals surface area contributed by atoms with Crippen LogP contribution in [-0.2, 0) is 0 Å². The fourth-order valence-electron chi connectivity index (χ4n) is 3.45. The Balaban J connectivity index is 1.34. The van der Waals surface area contributed by atoms with Crippen molar-refractivity contribution in [3.05, 3.63) is 41.9 Å². The number of oxazole rings is 1. The lowest BCUT2D eigenvalue weighted by Gasteiger charge is -2.15. The summed E-state index contributed by atoms with van der Waals surface area (Å²) in [6, 6.07) is 4.73. The fraction of sp³-hybridized carbons (Fsp3) is 0.421. The number of aromatic nitrogens is 5. The molecular weight excluding hydrogens is 342 g/mol. The molecule has 1 aliphatic carbocycles. The van der Waals surface area contributed by atoms with Crippen LogP contribution < -0.4 is 10.6 Å². The first-order valence-electron chi connectivity index (χ1n) is 9.16. The second-order valence-electron chi connectivity index (χ2n) is 6.99. The van der Waals surface area contributed by atoms with E-state index in [-0.39, 0.29) is 0 Å². The first-order chi connectivity index (χ1) is 13.1. The van der Waals surface area contributed by atoms with Gasteiger partial charge in [-0.25, -0.2) is 15.0 Å². The average molecular weight is 365 g/mol. The molecule has 3 aromatic heterocycles. The van der Waals surface area contributed by atoms with E-state index in [9.17, 15) is 0 Å². The molecule has 3 aromatic rings. The van der Waals surface area contributed by atoms with Gasteiger partial charge in [-0.05, 0) is 45.2 Å². The minimum Gasteiger partial charge on any atom is -0.446 e. The maximum Gasteiger partial charge on any atom is 0.242 e. The first kappa shape index (κ1) is 17.4. The summed E-state index contributed by atoms with van der Waals surface area (Å²) in [6.45, 7) is 5.64. The molecule has 0 bridgehead atoms. The number of nitrogens with one attached hydrogen (secondary N) is 2. The first-order valence-corrected chi connectivity index (χ1v) is 9.16. The number of aryl methyl sites for hydroxylation is 3. The highest BCUT2D eigenvalue weighted by atomic mass is 16.4. The smallest absolute Gasteiger partial charge is 0.242 e. The molecule has 0 aromatic carbocycles. The fourth-order valence-corrected chi connectivity index (χ4v) is 3.45. The molecule has 0 spiro atoms. The Morgan fingerprint density at radius 2 is 1.78 bits per heavy atom. The van der Waals surface area contributed by atoms with Crippen LogP contribution in [0.3, 0.4) is 0 Å². The lowest BCUT2D eigenvalue weighted by Crippen LogP contribution is -2.22. The SMILES string of the molecule is Cc1cnc(NC2CCC(Nc3ccc(-c4nc(C)oc4C)cn3)C2)nn1. The molecule has 140 valence electrons. The second-order valence-corrected chi connectivity index (χ2v) is 6.99. The zero-order valence-electron chi connectivity index (χ0n) is 15.7. The van der Waals surface area contributed by atoms with Gasteiger partial charge in [0.15, 0.2) is 5.89 Å². The van der Waals surface area contributed by atoms with Gasteiger partial charge in [-0.15, -0.1) is 5.10 Å². The third-order valence-corrected chi connectivity index (χ3v) is 4.73. The van der Waals surface area contributed by atoms with Crippen LogP contribution in [0.4, 0.5) is 11.8 Å². The predicted octanol–water partition coefficient (Wildman–Crippen LogP) is 3.29. The van der Waals surface area contributed by atoms with E-state index in [0.717, 1.165) is 47.8 Å². The third-order valence-electron chi connectivity index (χ3n) is 4.73. The maximum absolute atomic E-state index is 5.50. The number of nitrogens with zero attached hydrogens (tertiary/aromatic N) is 5. The predicted molar refractivity (Wildman–Crippen MR) is 102 cm³/mol. The molecule has 3 heterocycles. The summed E-state index contributed by atoms with van der Waals surface area (Å²) in [5, 5.41) is 15.0. The van der Waals surface area contributed by atoms with Gasteiger partial charge in [0.2, 0.25) is 5.95 Å². The molecule has 0 aliphatic heterocycles. The van der Waals surface area contributed by atoms with Crippen LogP contribution in [0.2, 0.25) is 0 Å². The third kappa shape index (κ3) is 4.05. The van der Waals surface area contributed by atoms with Crippen molar-refractivity contribution in [2.75, 3.05) is 10.6 Å². The molecule has 1 fully saturated rings. The molecular formula is C19H23N7O. The minimum atomic E-state index is 0.340. The Labute approximate surface area is 157 Å². The Kier molecular flexibility index (Phi) is 4.70. The van der Waals surface area contributed by atoms with Crippen LogP contribution in [0, 0.1) is 20.8 Å². The molecule has 0 radical (unpaired) electrons. The zero-order chi connectivity index (χ0) is 18.8. The van der Waals surface area contributed by atoms with Crippen LogP contribution in [0.5, 0.6) is 0 Å². The molecule has 0 saturated heterocycles. The van der Waals surface area contributed by atoms with Gasteiger partial charge in [-0.1, -0.05) is 0 Å². The topological polar surface area (TPSA) is 102 Å². The van der Waals surface area contributed by atoms with Crippen molar-refractivity contribution < 1.29 is 4.42 Å². The Hall–Kier alpha value is -3.03. The van der Waals surface area contributed by atoms with E-state index in [1.54, 1.807) is 6.20 Å². The van der Waals surface area contributed by atoms with Crippen molar-refractivity contribution in [1.29, 1.82) is 0 Å². The van der Waals surface area contributed by atoms with Gasteiger partial charge >= 0.3 is 0 Å². The molecule has 2 atom stereocenters. The summed E-state index contributed by atoms with van der Waals surface area (Å²) < 4.78 is 5.50. The van der Waals surface area contributed by atoms with Gasteiger partial charge in [-0.2, -0.15) is 5.10 Å². The summed E-state index contributed by atoms with van der Waals surface area (Å²) in [5.74, 6) is 2.94. The summed E-state index contributed by atoms with van der Waals surface area (Å²) in [4.78, 5) is 13.2. The minimum absolute atomic E-state index is 0.340. The highest BCUT2D eigenvalue weighted by Gasteiger charge is 2.25. The lowest BCUT2D eigenvalue weighted by molar-refractivity contribution is 0.495. The molecule has 0 amide bonds. The van der Waals surface area contributed by atoms with Crippen LogP contribution in [-0.4, -0.2) is 37.2 Å². The van der Waals surface area contributed by atoms with Gasteiger partial charge in [0, 0.05) is 30.8 Å². The van der Waals surface area contributed by atoms with Crippen LogP contribution in [0.1, 0.15) is 36.6 Å². The van der Waals surface area contributed by atoms with E-state index in [1.165, 1.54) is 0 Å². The quantitative estimate of drug-likeness (QED) is 0.710. The number of anilines is 2. The van der Waals surface area contributed by atoms with Crippen molar-refractivity contribution in [3.8, 4) is 11.3 Å². The van der Waals surface area contributed by atoms with Crippen molar-refractivity contribution in [2.24, 2.45) is 0 Å². The average Bonchev–Trinajstić information content (AvgIpc) is 3.23. The van der Waals surface area contributed by atoms with Crippen LogP contribution in [0.15, 0.2) is 28.9 Å². The van der Waals surface area contributed by atoms with Gasteiger partial charge in [0.25, 0.3) is 0 Å². The van der Waals surface area contributed by atoms with E-state index in [2.05, 4.69) is 35.8 Å². The number of rotatable bonds is 5. The molecule has 8 nitrogen and oxygen atoms in total. The van der Waals surface area contributed by atoms with E-state index in [1.807, 2.05) is 39.1 Å². The lowest BCUT2D eigenvalue weighted by atomic mass is 10.2. The van der Waals surface area contributed by atoms with Gasteiger partial charge < -0.3 is 15.1 Å². The number of pyridine rings is 1. The molecule has 1 aliphatic rings. The van der Waals surface area contributed by atoms with E-state index >= 15 is 0 Å². The molecule has 4 rings (SSSR count). The Bertz CT molecular complexity index is 905. The van der Waals surface area contributed by atoms with Gasteiger partial charge in [0.1, 0.15) is 17.3 Å².